The minimum Gasteiger partial charge on any atom is -0.484 e. The van der Waals surface area contributed by atoms with Gasteiger partial charge in [0.05, 0.1) is 10.7 Å². The lowest BCUT2D eigenvalue weighted by atomic mass is 10.2. The number of carbonyl (C=O) groups is 1. The van der Waals surface area contributed by atoms with Crippen molar-refractivity contribution in [1.29, 1.82) is 0 Å². The Morgan fingerprint density at radius 1 is 1.24 bits per heavy atom. The maximum Gasteiger partial charge on any atom is 0.255 e. The summed E-state index contributed by atoms with van der Waals surface area (Å²) in [7, 11) is 0. The molecule has 21 heavy (non-hydrogen) atoms. The van der Waals surface area contributed by atoms with E-state index in [4.69, 9.17) is 22.1 Å². The van der Waals surface area contributed by atoms with Crippen LogP contribution >= 0.6 is 11.6 Å². The fourth-order valence-electron chi connectivity index (χ4n) is 1.82. The molecule has 2 rings (SSSR count). The fraction of sp³-hybridized carbons (Fsp3) is 0.188. The smallest absolute Gasteiger partial charge is 0.255 e. The molecular formula is C16H17ClN2O2. The topological polar surface area (TPSA) is 64.3 Å². The van der Waals surface area contributed by atoms with Crippen molar-refractivity contribution in [2.24, 2.45) is 5.73 Å². The first-order valence-corrected chi connectivity index (χ1v) is 6.92. The first-order chi connectivity index (χ1) is 10.0. The van der Waals surface area contributed by atoms with Gasteiger partial charge in [0, 0.05) is 6.54 Å². The average Bonchev–Trinajstić information content (AvgIpc) is 2.45. The molecule has 110 valence electrons. The Morgan fingerprint density at radius 2 is 1.95 bits per heavy atom. The molecule has 3 N–H and O–H groups in total. The minimum absolute atomic E-state index is 0.115. The summed E-state index contributed by atoms with van der Waals surface area (Å²) in [5, 5.41) is 3.98. The van der Waals surface area contributed by atoms with Gasteiger partial charge in [-0.3, -0.25) is 4.79 Å². The zero-order chi connectivity index (χ0) is 15.2. The number of anilines is 1. The number of nitrogens with one attached hydrogen (secondary N) is 1. The zero-order valence-corrected chi connectivity index (χ0v) is 12.5. The van der Waals surface area contributed by atoms with E-state index in [1.54, 1.807) is 12.1 Å². The van der Waals surface area contributed by atoms with Crippen LogP contribution in [0.1, 0.15) is 11.1 Å². The third-order valence-corrected chi connectivity index (χ3v) is 3.22. The monoisotopic (exact) mass is 304 g/mol. The Bertz CT molecular complexity index is 627. The molecule has 0 saturated carbocycles. The summed E-state index contributed by atoms with van der Waals surface area (Å²) in [6.45, 7) is 2.54. The third-order valence-electron chi connectivity index (χ3n) is 2.91. The summed E-state index contributed by atoms with van der Waals surface area (Å²) in [5.74, 6) is 0.126. The van der Waals surface area contributed by atoms with Crippen LogP contribution in [0.15, 0.2) is 42.5 Å². The number of amides is 1. The Hall–Kier alpha value is -2.20. The Balaban J connectivity index is 1.92. The van der Waals surface area contributed by atoms with Crippen LogP contribution in [-0.2, 0) is 11.3 Å². The Labute approximate surface area is 128 Å². The van der Waals surface area contributed by atoms with Crippen LogP contribution in [0.25, 0.3) is 0 Å². The van der Waals surface area contributed by atoms with Crippen LogP contribution in [0.3, 0.4) is 0 Å². The predicted octanol–water partition coefficient (Wildman–Crippen LogP) is 3.12. The van der Waals surface area contributed by atoms with Crippen molar-refractivity contribution in [3.8, 4) is 5.75 Å². The second-order valence-electron chi connectivity index (χ2n) is 4.74. The lowest BCUT2D eigenvalue weighted by molar-refractivity contribution is -0.119. The number of benzene rings is 2. The van der Waals surface area contributed by atoms with E-state index in [1.807, 2.05) is 37.3 Å². The van der Waals surface area contributed by atoms with E-state index in [-0.39, 0.29) is 6.61 Å². The number of nitrogens with two attached hydrogens (primary N) is 1. The van der Waals surface area contributed by atoms with E-state index in [9.17, 15) is 4.79 Å². The number of halogens is 1. The van der Waals surface area contributed by atoms with Crippen molar-refractivity contribution in [1.82, 2.24) is 0 Å². The Kier molecular flexibility index (Phi) is 5.06. The summed E-state index contributed by atoms with van der Waals surface area (Å²) in [6.07, 6.45) is 0. The van der Waals surface area contributed by atoms with E-state index in [2.05, 4.69) is 5.32 Å². The minimum atomic E-state index is -0.491. The first kappa shape index (κ1) is 15.2. The van der Waals surface area contributed by atoms with Crippen LogP contribution in [0.5, 0.6) is 5.75 Å². The average molecular weight is 305 g/mol. The van der Waals surface area contributed by atoms with Crippen molar-refractivity contribution >= 4 is 23.2 Å². The molecule has 0 bridgehead atoms. The standard InChI is InChI=1S/C16H17ClN2O2/c1-11-2-7-15(14(17)8-11)19-9-12-3-5-13(6-4-12)21-10-16(18)20/h2-8,19H,9-10H2,1H3,(H2,18,20). The molecule has 2 aromatic rings. The highest BCUT2D eigenvalue weighted by molar-refractivity contribution is 6.33. The van der Waals surface area contributed by atoms with Crippen LogP contribution < -0.4 is 15.8 Å². The molecule has 0 unspecified atom stereocenters. The molecule has 5 heteroatoms. The van der Waals surface area contributed by atoms with E-state index < -0.39 is 5.91 Å². The van der Waals surface area contributed by atoms with E-state index in [0.29, 0.717) is 17.3 Å². The molecule has 4 nitrogen and oxygen atoms in total. The number of hydrogen-bond donors (Lipinski definition) is 2. The van der Waals surface area contributed by atoms with Crippen molar-refractivity contribution in [2.75, 3.05) is 11.9 Å². The van der Waals surface area contributed by atoms with E-state index >= 15 is 0 Å². The molecule has 2 aromatic carbocycles. The largest absolute Gasteiger partial charge is 0.484 e. The number of primary amides is 1. The van der Waals surface area contributed by atoms with Crippen molar-refractivity contribution in [3.05, 3.63) is 58.6 Å². The summed E-state index contributed by atoms with van der Waals surface area (Å²) in [4.78, 5) is 10.6. The fourth-order valence-corrected chi connectivity index (χ4v) is 2.12. The highest BCUT2D eigenvalue weighted by atomic mass is 35.5. The zero-order valence-electron chi connectivity index (χ0n) is 11.7. The van der Waals surface area contributed by atoms with Crippen molar-refractivity contribution in [3.63, 3.8) is 0 Å². The molecule has 0 aliphatic carbocycles. The van der Waals surface area contributed by atoms with Gasteiger partial charge >= 0.3 is 0 Å². The molecule has 0 radical (unpaired) electrons. The summed E-state index contributed by atoms with van der Waals surface area (Å²) in [5.41, 5.74) is 8.13. The van der Waals surface area contributed by atoms with Crippen LogP contribution in [0.4, 0.5) is 5.69 Å². The van der Waals surface area contributed by atoms with Gasteiger partial charge in [-0.15, -0.1) is 0 Å². The number of hydrogen-bond acceptors (Lipinski definition) is 3. The van der Waals surface area contributed by atoms with Gasteiger partial charge in [0.2, 0.25) is 0 Å². The predicted molar refractivity (Wildman–Crippen MR) is 84.6 cm³/mol. The van der Waals surface area contributed by atoms with E-state index in [1.165, 1.54) is 0 Å². The molecule has 0 spiro atoms. The molecule has 0 saturated heterocycles. The van der Waals surface area contributed by atoms with Gasteiger partial charge in [-0.05, 0) is 42.3 Å². The lowest BCUT2D eigenvalue weighted by Gasteiger charge is -2.10. The summed E-state index contributed by atoms with van der Waals surface area (Å²) < 4.78 is 5.20. The molecule has 1 amide bonds. The normalized spacial score (nSPS) is 10.2. The second kappa shape index (κ2) is 6.99. The molecule has 0 aliphatic rings. The third kappa shape index (κ3) is 4.68. The van der Waals surface area contributed by atoms with Gasteiger partial charge in [-0.1, -0.05) is 29.8 Å². The van der Waals surface area contributed by atoms with Gasteiger partial charge in [-0.25, -0.2) is 0 Å². The van der Waals surface area contributed by atoms with Crippen LogP contribution in [-0.4, -0.2) is 12.5 Å². The number of aryl methyl sites for hydroxylation is 1. The molecule has 0 fully saturated rings. The molecule has 0 heterocycles. The van der Waals surface area contributed by atoms with Gasteiger partial charge in [0.15, 0.2) is 6.61 Å². The van der Waals surface area contributed by atoms with Gasteiger partial charge in [0.25, 0.3) is 5.91 Å². The second-order valence-corrected chi connectivity index (χ2v) is 5.14. The van der Waals surface area contributed by atoms with Gasteiger partial charge in [-0.2, -0.15) is 0 Å². The van der Waals surface area contributed by atoms with Gasteiger partial charge < -0.3 is 15.8 Å². The maximum atomic E-state index is 10.6. The molecular weight excluding hydrogens is 288 g/mol. The van der Waals surface area contributed by atoms with Crippen molar-refractivity contribution < 1.29 is 9.53 Å². The molecule has 0 aliphatic heterocycles. The quantitative estimate of drug-likeness (QED) is 0.862. The number of carbonyl (C=O) groups excluding carboxylic acids is 1. The first-order valence-electron chi connectivity index (χ1n) is 6.54. The number of rotatable bonds is 6. The lowest BCUT2D eigenvalue weighted by Crippen LogP contribution is -2.19. The highest BCUT2D eigenvalue weighted by Gasteiger charge is 2.01. The summed E-state index contributed by atoms with van der Waals surface area (Å²) in [6, 6.07) is 13.3. The van der Waals surface area contributed by atoms with E-state index in [0.717, 1.165) is 16.8 Å². The number of ether oxygens (including phenoxy) is 1. The molecule has 0 aromatic heterocycles. The van der Waals surface area contributed by atoms with Gasteiger partial charge in [0.1, 0.15) is 5.75 Å². The highest BCUT2D eigenvalue weighted by Crippen LogP contribution is 2.23. The van der Waals surface area contributed by atoms with Crippen LogP contribution in [0, 0.1) is 6.92 Å². The molecule has 0 atom stereocenters. The van der Waals surface area contributed by atoms with Crippen molar-refractivity contribution in [2.45, 2.75) is 13.5 Å². The maximum absolute atomic E-state index is 10.6. The SMILES string of the molecule is Cc1ccc(NCc2ccc(OCC(N)=O)cc2)c(Cl)c1. The summed E-state index contributed by atoms with van der Waals surface area (Å²) >= 11 is 6.17. The van der Waals surface area contributed by atoms with Crippen LogP contribution in [0.2, 0.25) is 5.02 Å². The Morgan fingerprint density at radius 3 is 2.57 bits per heavy atom.